The first-order valence-electron chi connectivity index (χ1n) is 10.7. The molecule has 2 heterocycles. The highest BCUT2D eigenvalue weighted by molar-refractivity contribution is 7.88. The fraction of sp³-hybridized carbons (Fsp3) is 0.478. The van der Waals surface area contributed by atoms with Crippen LogP contribution in [0, 0.1) is 29.4 Å². The van der Waals surface area contributed by atoms with E-state index in [1.54, 1.807) is 10.4 Å². The lowest BCUT2D eigenvalue weighted by atomic mass is 10.0. The van der Waals surface area contributed by atoms with Crippen LogP contribution in [-0.2, 0) is 26.9 Å². The largest absolute Gasteiger partial charge is 0.378 e. The summed E-state index contributed by atoms with van der Waals surface area (Å²) in [6.45, 7) is 3.68. The minimum Gasteiger partial charge on any atom is -0.378 e. The van der Waals surface area contributed by atoms with Gasteiger partial charge >= 0.3 is 0 Å². The molecule has 2 unspecified atom stereocenters. The van der Waals surface area contributed by atoms with Crippen LogP contribution >= 0.6 is 0 Å². The summed E-state index contributed by atoms with van der Waals surface area (Å²) in [5.41, 5.74) is 2.19. The van der Waals surface area contributed by atoms with Gasteiger partial charge in [0, 0.05) is 26.2 Å². The van der Waals surface area contributed by atoms with Crippen LogP contribution < -0.4 is 4.90 Å². The van der Waals surface area contributed by atoms with Gasteiger partial charge in [-0.25, -0.2) is 21.5 Å². The molecule has 8 heteroatoms. The van der Waals surface area contributed by atoms with Crippen molar-refractivity contribution in [3.63, 3.8) is 0 Å². The smallest absolute Gasteiger partial charge is 0.218 e. The summed E-state index contributed by atoms with van der Waals surface area (Å²) in [6, 6.07) is 11.1. The quantitative estimate of drug-likeness (QED) is 0.682. The number of sulfonamides is 1. The Kier molecular flexibility index (Phi) is 5.48. The fourth-order valence-electron chi connectivity index (χ4n) is 5.03. The van der Waals surface area contributed by atoms with Gasteiger partial charge < -0.3 is 9.64 Å². The lowest BCUT2D eigenvalue weighted by Gasteiger charge is -2.29. The van der Waals surface area contributed by atoms with Crippen LogP contribution in [0.1, 0.15) is 11.1 Å². The molecular formula is C23H26F2N2O3S. The van der Waals surface area contributed by atoms with E-state index in [9.17, 15) is 17.2 Å². The molecule has 0 N–H and O–H groups in total. The molecule has 0 bridgehead atoms. The first-order valence-corrected chi connectivity index (χ1v) is 12.3. The molecule has 5 rings (SSSR count). The van der Waals surface area contributed by atoms with Gasteiger partial charge in [-0.15, -0.1) is 0 Å². The van der Waals surface area contributed by atoms with E-state index in [4.69, 9.17) is 4.74 Å². The summed E-state index contributed by atoms with van der Waals surface area (Å²) in [7, 11) is -3.41. The van der Waals surface area contributed by atoms with Crippen molar-refractivity contribution in [2.45, 2.75) is 12.2 Å². The number of hydrogen-bond donors (Lipinski definition) is 0. The van der Waals surface area contributed by atoms with Gasteiger partial charge in [-0.3, -0.25) is 0 Å². The molecule has 1 saturated carbocycles. The van der Waals surface area contributed by atoms with Crippen molar-refractivity contribution in [3.8, 4) is 0 Å². The Labute approximate surface area is 181 Å². The summed E-state index contributed by atoms with van der Waals surface area (Å²) in [4.78, 5) is 2.01. The predicted octanol–water partition coefficient (Wildman–Crippen LogP) is 3.05. The highest BCUT2D eigenvalue weighted by Gasteiger charge is 2.57. The highest BCUT2D eigenvalue weighted by Crippen LogP contribution is 2.54. The summed E-state index contributed by atoms with van der Waals surface area (Å²) in [5.74, 6) is 0.404. The van der Waals surface area contributed by atoms with E-state index in [1.807, 2.05) is 17.0 Å². The van der Waals surface area contributed by atoms with Gasteiger partial charge in [-0.05, 0) is 59.6 Å². The highest BCUT2D eigenvalue weighted by atomic mass is 32.2. The second-order valence-electron chi connectivity index (χ2n) is 8.78. The van der Waals surface area contributed by atoms with Crippen LogP contribution in [0.3, 0.4) is 0 Å². The Hall–Kier alpha value is -2.03. The van der Waals surface area contributed by atoms with Crippen LogP contribution in [0.15, 0.2) is 42.5 Å². The lowest BCUT2D eigenvalue weighted by molar-refractivity contribution is 0.122. The molecule has 2 aromatic carbocycles. The summed E-state index contributed by atoms with van der Waals surface area (Å²) in [6.07, 6.45) is 0.779. The number of rotatable bonds is 6. The van der Waals surface area contributed by atoms with Crippen LogP contribution in [0.25, 0.3) is 0 Å². The van der Waals surface area contributed by atoms with Crippen molar-refractivity contribution >= 4 is 15.7 Å². The van der Waals surface area contributed by atoms with Crippen LogP contribution in [0.2, 0.25) is 0 Å². The number of nitrogens with zero attached hydrogens (tertiary/aromatic N) is 2. The van der Waals surface area contributed by atoms with Crippen LogP contribution in [0.5, 0.6) is 0 Å². The minimum absolute atomic E-state index is 0.106. The van der Waals surface area contributed by atoms with Gasteiger partial charge in [0.2, 0.25) is 10.0 Å². The molecule has 3 fully saturated rings. The van der Waals surface area contributed by atoms with Gasteiger partial charge in [0.05, 0.1) is 24.7 Å². The molecular weight excluding hydrogens is 422 g/mol. The maximum atomic E-state index is 14.7. The van der Waals surface area contributed by atoms with E-state index in [-0.39, 0.29) is 17.4 Å². The number of halogens is 2. The average molecular weight is 449 g/mol. The summed E-state index contributed by atoms with van der Waals surface area (Å²) in [5, 5.41) is 0. The Morgan fingerprint density at radius 2 is 1.58 bits per heavy atom. The predicted molar refractivity (Wildman–Crippen MR) is 114 cm³/mol. The molecule has 0 amide bonds. The molecule has 0 aromatic heterocycles. The van der Waals surface area contributed by atoms with Crippen molar-refractivity contribution in [1.29, 1.82) is 0 Å². The summed E-state index contributed by atoms with van der Waals surface area (Å²) < 4.78 is 60.0. The van der Waals surface area contributed by atoms with Crippen LogP contribution in [0.4, 0.5) is 14.5 Å². The first-order chi connectivity index (χ1) is 14.9. The van der Waals surface area contributed by atoms with Crippen molar-refractivity contribution in [1.82, 2.24) is 4.31 Å². The van der Waals surface area contributed by atoms with Gasteiger partial charge in [0.25, 0.3) is 0 Å². The van der Waals surface area contributed by atoms with Crippen molar-refractivity contribution in [3.05, 3.63) is 65.2 Å². The van der Waals surface area contributed by atoms with E-state index in [0.29, 0.717) is 68.4 Å². The fourth-order valence-corrected chi connectivity index (χ4v) is 6.63. The van der Waals surface area contributed by atoms with Gasteiger partial charge in [-0.2, -0.15) is 0 Å². The molecule has 1 aliphatic carbocycles. The second-order valence-corrected chi connectivity index (χ2v) is 10.7. The van der Waals surface area contributed by atoms with Gasteiger partial charge in [0.15, 0.2) is 0 Å². The number of fused-ring (bicyclic) bond motifs is 1. The molecule has 166 valence electrons. The van der Waals surface area contributed by atoms with Crippen molar-refractivity contribution in [2.75, 3.05) is 44.3 Å². The zero-order valence-corrected chi connectivity index (χ0v) is 18.0. The lowest BCUT2D eigenvalue weighted by Crippen LogP contribution is -2.36. The van der Waals surface area contributed by atoms with Gasteiger partial charge in [0.1, 0.15) is 11.6 Å². The number of anilines is 1. The summed E-state index contributed by atoms with van der Waals surface area (Å²) >= 11 is 0. The third-order valence-electron chi connectivity index (χ3n) is 6.83. The SMILES string of the molecule is O=S(=O)(Cc1ccc(F)cc1)N1CC2C(Cc3ccc(N4CCOCC4)c(F)c3)C2C1. The van der Waals surface area contributed by atoms with E-state index in [2.05, 4.69) is 0 Å². The van der Waals surface area contributed by atoms with E-state index >= 15 is 0 Å². The number of hydrogen-bond acceptors (Lipinski definition) is 4. The van der Waals surface area contributed by atoms with E-state index in [1.165, 1.54) is 24.3 Å². The molecule has 31 heavy (non-hydrogen) atoms. The third-order valence-corrected chi connectivity index (χ3v) is 8.61. The minimum atomic E-state index is -3.41. The maximum Gasteiger partial charge on any atom is 0.218 e. The molecule has 0 radical (unpaired) electrons. The van der Waals surface area contributed by atoms with E-state index in [0.717, 1.165) is 12.0 Å². The number of ether oxygens (including phenoxy) is 1. The average Bonchev–Trinajstić information content (AvgIpc) is 3.18. The zero-order chi connectivity index (χ0) is 21.6. The van der Waals surface area contributed by atoms with Crippen molar-refractivity contribution in [2.24, 2.45) is 17.8 Å². The number of piperidine rings is 1. The number of benzene rings is 2. The molecule has 2 aromatic rings. The monoisotopic (exact) mass is 448 g/mol. The molecule has 2 aliphatic heterocycles. The molecule has 2 atom stereocenters. The Morgan fingerprint density at radius 1 is 0.935 bits per heavy atom. The molecule has 3 aliphatic rings. The molecule has 5 nitrogen and oxygen atoms in total. The third kappa shape index (κ3) is 4.33. The second kappa shape index (κ2) is 8.15. The number of morpholine rings is 1. The van der Waals surface area contributed by atoms with E-state index < -0.39 is 10.0 Å². The molecule has 0 spiro atoms. The van der Waals surface area contributed by atoms with Crippen molar-refractivity contribution < 1.29 is 21.9 Å². The Balaban J connectivity index is 1.17. The first kappa shape index (κ1) is 20.8. The standard InChI is InChI=1S/C23H26F2N2O3S/c24-18-4-1-16(2-5-18)15-31(28,29)27-13-20-19(21(20)14-27)11-17-3-6-23(22(25)12-17)26-7-9-30-10-8-26/h1-6,12,19-21H,7-11,13-15H2. The normalized spacial score (nSPS) is 26.1. The topological polar surface area (TPSA) is 49.9 Å². The maximum absolute atomic E-state index is 14.7. The van der Waals surface area contributed by atoms with Gasteiger partial charge in [-0.1, -0.05) is 18.2 Å². The molecule has 2 saturated heterocycles. The zero-order valence-electron chi connectivity index (χ0n) is 17.2. The Bertz CT molecular complexity index is 1040. The Morgan fingerprint density at radius 3 is 2.23 bits per heavy atom. The van der Waals surface area contributed by atoms with Crippen LogP contribution in [-0.4, -0.2) is 52.1 Å².